The van der Waals surface area contributed by atoms with Crippen LogP contribution in [0.4, 0.5) is 0 Å². The first kappa shape index (κ1) is 13.5. The van der Waals surface area contributed by atoms with Gasteiger partial charge in [-0.15, -0.1) is 0 Å². The Labute approximate surface area is 121 Å². The molecule has 1 unspecified atom stereocenters. The molecule has 0 aliphatic carbocycles. The van der Waals surface area contributed by atoms with Gasteiger partial charge in [0.05, 0.1) is 18.2 Å². The van der Waals surface area contributed by atoms with Gasteiger partial charge in [0.1, 0.15) is 12.0 Å². The molecule has 2 aromatic rings. The van der Waals surface area contributed by atoms with Gasteiger partial charge in [0.15, 0.2) is 11.5 Å². The van der Waals surface area contributed by atoms with E-state index in [0.717, 1.165) is 11.3 Å². The minimum absolute atomic E-state index is 0.164. The average molecular weight is 288 g/mol. The summed E-state index contributed by atoms with van der Waals surface area (Å²) in [5.41, 5.74) is 6.86. The quantitative estimate of drug-likeness (QED) is 0.898. The highest BCUT2D eigenvalue weighted by Gasteiger charge is 2.18. The van der Waals surface area contributed by atoms with Gasteiger partial charge < -0.3 is 24.9 Å². The molecule has 110 valence electrons. The van der Waals surface area contributed by atoms with E-state index in [1.165, 1.54) is 6.26 Å². The molecular formula is C15H16N2O4. The number of carbonyl (C=O) groups excluding carboxylic acids is 1. The maximum Gasteiger partial charge on any atom is 0.255 e. The number of benzene rings is 1. The van der Waals surface area contributed by atoms with Gasteiger partial charge in [-0.1, -0.05) is 6.07 Å². The summed E-state index contributed by atoms with van der Waals surface area (Å²) in [7, 11) is 0. The van der Waals surface area contributed by atoms with Crippen LogP contribution in [0.2, 0.25) is 0 Å². The predicted octanol–water partition coefficient (Wildman–Crippen LogP) is 1.96. The Kier molecular flexibility index (Phi) is 3.53. The van der Waals surface area contributed by atoms with E-state index in [4.69, 9.17) is 19.6 Å². The molecule has 0 bridgehead atoms. The Balaban J connectivity index is 1.70. The second kappa shape index (κ2) is 5.49. The van der Waals surface area contributed by atoms with Crippen molar-refractivity contribution in [3.63, 3.8) is 0 Å². The van der Waals surface area contributed by atoms with Crippen LogP contribution in [0.1, 0.15) is 34.6 Å². The molecule has 0 fully saturated rings. The smallest absolute Gasteiger partial charge is 0.255 e. The Morgan fingerprint density at radius 2 is 2.14 bits per heavy atom. The van der Waals surface area contributed by atoms with E-state index in [1.54, 1.807) is 6.07 Å². The molecule has 3 N–H and O–H groups in total. The number of ether oxygens (including phenoxy) is 2. The summed E-state index contributed by atoms with van der Waals surface area (Å²) in [4.78, 5) is 12.1. The summed E-state index contributed by atoms with van der Waals surface area (Å²) in [6, 6.07) is 7.09. The third-order valence-electron chi connectivity index (χ3n) is 3.36. The van der Waals surface area contributed by atoms with Crippen LogP contribution < -0.4 is 20.5 Å². The summed E-state index contributed by atoms with van der Waals surface area (Å²) >= 11 is 0. The first-order valence-electron chi connectivity index (χ1n) is 6.65. The van der Waals surface area contributed by atoms with E-state index in [1.807, 2.05) is 25.1 Å². The maximum absolute atomic E-state index is 12.1. The molecule has 1 atom stereocenters. The number of fused-ring (bicyclic) bond motifs is 1. The second-order valence-corrected chi connectivity index (χ2v) is 4.81. The number of nitrogens with one attached hydrogen (secondary N) is 1. The highest BCUT2D eigenvalue weighted by molar-refractivity contribution is 5.94. The van der Waals surface area contributed by atoms with Gasteiger partial charge >= 0.3 is 0 Å². The summed E-state index contributed by atoms with van der Waals surface area (Å²) < 4.78 is 15.8. The van der Waals surface area contributed by atoms with Crippen molar-refractivity contribution in [2.24, 2.45) is 5.73 Å². The lowest BCUT2D eigenvalue weighted by molar-refractivity contribution is 0.0939. The van der Waals surface area contributed by atoms with Crippen LogP contribution in [0.15, 0.2) is 34.9 Å². The van der Waals surface area contributed by atoms with Gasteiger partial charge in [0, 0.05) is 0 Å². The van der Waals surface area contributed by atoms with Gasteiger partial charge in [-0.25, -0.2) is 0 Å². The molecule has 6 heteroatoms. The van der Waals surface area contributed by atoms with Crippen molar-refractivity contribution in [1.82, 2.24) is 5.32 Å². The van der Waals surface area contributed by atoms with Crippen LogP contribution >= 0.6 is 0 Å². The van der Waals surface area contributed by atoms with Crippen LogP contribution in [-0.4, -0.2) is 12.7 Å². The molecule has 1 aliphatic heterocycles. The zero-order valence-corrected chi connectivity index (χ0v) is 11.6. The van der Waals surface area contributed by atoms with Crippen molar-refractivity contribution < 1.29 is 18.7 Å². The molecule has 3 rings (SSSR count). The van der Waals surface area contributed by atoms with Crippen molar-refractivity contribution in [2.75, 3.05) is 6.79 Å². The molecule has 1 aromatic carbocycles. The van der Waals surface area contributed by atoms with Crippen molar-refractivity contribution in [3.8, 4) is 11.5 Å². The topological polar surface area (TPSA) is 86.7 Å². The van der Waals surface area contributed by atoms with Crippen molar-refractivity contribution in [2.45, 2.75) is 19.5 Å². The molecular weight excluding hydrogens is 272 g/mol. The predicted molar refractivity (Wildman–Crippen MR) is 75.0 cm³/mol. The molecule has 0 saturated heterocycles. The van der Waals surface area contributed by atoms with E-state index < -0.39 is 0 Å². The number of hydrogen-bond acceptors (Lipinski definition) is 5. The fourth-order valence-electron chi connectivity index (χ4n) is 2.15. The number of carbonyl (C=O) groups is 1. The fraction of sp³-hybridized carbons (Fsp3) is 0.267. The normalized spacial score (nSPS) is 14.0. The molecule has 0 saturated carbocycles. The average Bonchev–Trinajstić information content (AvgIpc) is 3.15. The van der Waals surface area contributed by atoms with E-state index in [-0.39, 0.29) is 25.3 Å². The molecule has 0 spiro atoms. The molecule has 2 heterocycles. The largest absolute Gasteiger partial charge is 0.467 e. The minimum atomic E-state index is -0.205. The Hall–Kier alpha value is -2.47. The number of rotatable bonds is 4. The van der Waals surface area contributed by atoms with E-state index in [9.17, 15) is 4.79 Å². The van der Waals surface area contributed by atoms with Crippen molar-refractivity contribution >= 4 is 5.91 Å². The monoisotopic (exact) mass is 288 g/mol. The zero-order chi connectivity index (χ0) is 14.8. The first-order chi connectivity index (χ1) is 10.2. The molecule has 0 radical (unpaired) electrons. The summed E-state index contributed by atoms with van der Waals surface area (Å²) in [5.74, 6) is 1.79. The van der Waals surface area contributed by atoms with E-state index >= 15 is 0 Å². The number of nitrogens with two attached hydrogens (primary N) is 1. The lowest BCUT2D eigenvalue weighted by Gasteiger charge is -2.14. The zero-order valence-electron chi connectivity index (χ0n) is 11.6. The van der Waals surface area contributed by atoms with Gasteiger partial charge in [0.2, 0.25) is 6.79 Å². The molecule has 6 nitrogen and oxygen atoms in total. The summed E-state index contributed by atoms with van der Waals surface area (Å²) in [6.45, 7) is 2.40. The lowest BCUT2D eigenvalue weighted by atomic mass is 10.1. The van der Waals surface area contributed by atoms with Gasteiger partial charge in [-0.3, -0.25) is 4.79 Å². The van der Waals surface area contributed by atoms with Crippen molar-refractivity contribution in [1.29, 1.82) is 0 Å². The highest BCUT2D eigenvalue weighted by Crippen LogP contribution is 2.34. The third kappa shape index (κ3) is 2.71. The Bertz CT molecular complexity index is 665. The molecule has 1 amide bonds. The standard InChI is InChI=1S/C15H16N2O4/c1-9(10-2-3-13-14(5-10)21-8-20-13)17-15(18)11-4-12(6-16)19-7-11/h2-5,7,9H,6,8,16H2,1H3,(H,17,18). The first-order valence-corrected chi connectivity index (χ1v) is 6.65. The van der Waals surface area contributed by atoms with E-state index in [2.05, 4.69) is 5.32 Å². The van der Waals surface area contributed by atoms with Gasteiger partial charge in [-0.2, -0.15) is 0 Å². The second-order valence-electron chi connectivity index (χ2n) is 4.81. The minimum Gasteiger partial charge on any atom is -0.467 e. The van der Waals surface area contributed by atoms with Crippen LogP contribution in [0.3, 0.4) is 0 Å². The summed E-state index contributed by atoms with van der Waals surface area (Å²) in [6.07, 6.45) is 1.41. The number of furan rings is 1. The van der Waals surface area contributed by atoms with Crippen LogP contribution in [0.25, 0.3) is 0 Å². The Morgan fingerprint density at radius 1 is 1.33 bits per heavy atom. The van der Waals surface area contributed by atoms with Gasteiger partial charge in [-0.05, 0) is 30.7 Å². The van der Waals surface area contributed by atoms with Gasteiger partial charge in [0.25, 0.3) is 5.91 Å². The summed E-state index contributed by atoms with van der Waals surface area (Å²) in [5, 5.41) is 2.90. The molecule has 1 aliphatic rings. The lowest BCUT2D eigenvalue weighted by Crippen LogP contribution is -2.26. The van der Waals surface area contributed by atoms with Crippen LogP contribution in [0.5, 0.6) is 11.5 Å². The molecule has 1 aromatic heterocycles. The fourth-order valence-corrected chi connectivity index (χ4v) is 2.15. The van der Waals surface area contributed by atoms with E-state index in [0.29, 0.717) is 17.1 Å². The van der Waals surface area contributed by atoms with Crippen LogP contribution in [0, 0.1) is 0 Å². The SMILES string of the molecule is CC(NC(=O)c1coc(CN)c1)c1ccc2c(c1)OCO2. The number of amides is 1. The highest BCUT2D eigenvalue weighted by atomic mass is 16.7. The number of hydrogen-bond donors (Lipinski definition) is 2. The van der Waals surface area contributed by atoms with Crippen molar-refractivity contribution in [3.05, 3.63) is 47.4 Å². The van der Waals surface area contributed by atoms with Crippen LogP contribution in [-0.2, 0) is 6.54 Å². The Morgan fingerprint density at radius 3 is 2.90 bits per heavy atom. The maximum atomic E-state index is 12.1. The third-order valence-corrected chi connectivity index (χ3v) is 3.36. The molecule has 21 heavy (non-hydrogen) atoms.